The summed E-state index contributed by atoms with van der Waals surface area (Å²) in [4.78, 5) is 2.72. The zero-order valence-electron chi connectivity index (χ0n) is 26.0. The number of nitrogens with zero attached hydrogens (tertiary/aromatic N) is 2. The first-order chi connectivity index (χ1) is 22.2. The van der Waals surface area contributed by atoms with Gasteiger partial charge in [-0.15, -0.1) is 0 Å². The van der Waals surface area contributed by atoms with Gasteiger partial charge in [0, 0.05) is 47.6 Å². The standard InChI is InChI=1S/C40H42N2O3/c1-2-40-27-41(23-28-14-6-3-7-15-28)34-22-32(40)37(39(43)45-35(40)26-44-25-30-18-10-5-11-19-30)36-31-20-12-13-21-33(31)42(38(34)36)24-29-16-8-4-9-17-29/h3-21,32,34-35,37,39,43H,2,22-27H2,1H3/t32-,34+,35?,37-,39-,40-/m1/s1. The van der Waals surface area contributed by atoms with Crippen molar-refractivity contribution in [3.63, 3.8) is 0 Å². The van der Waals surface area contributed by atoms with Gasteiger partial charge in [-0.2, -0.15) is 0 Å². The number of aliphatic hydroxyl groups excluding tert-OH is 1. The van der Waals surface area contributed by atoms with Gasteiger partial charge in [0.25, 0.3) is 0 Å². The second-order valence-electron chi connectivity index (χ2n) is 13.3. The number of piperidine rings is 1. The number of rotatable bonds is 9. The first kappa shape index (κ1) is 28.7. The molecular weight excluding hydrogens is 556 g/mol. The lowest BCUT2D eigenvalue weighted by Gasteiger charge is -2.62. The molecule has 8 rings (SSSR count). The van der Waals surface area contributed by atoms with Crippen LogP contribution in [0.3, 0.4) is 0 Å². The highest BCUT2D eigenvalue weighted by molar-refractivity contribution is 5.87. The lowest BCUT2D eigenvalue weighted by molar-refractivity contribution is -0.279. The van der Waals surface area contributed by atoms with E-state index in [1.165, 1.54) is 33.3 Å². The quantitative estimate of drug-likeness (QED) is 0.189. The van der Waals surface area contributed by atoms with E-state index in [4.69, 9.17) is 9.47 Å². The Morgan fingerprint density at radius 1 is 0.800 bits per heavy atom. The third-order valence-corrected chi connectivity index (χ3v) is 11.0. The lowest BCUT2D eigenvalue weighted by atomic mass is 9.54. The van der Waals surface area contributed by atoms with Gasteiger partial charge in [0.1, 0.15) is 0 Å². The predicted octanol–water partition coefficient (Wildman–Crippen LogP) is 7.68. The van der Waals surface area contributed by atoms with Gasteiger partial charge in [-0.05, 0) is 47.1 Å². The Bertz CT molecular complexity index is 1750. The second-order valence-corrected chi connectivity index (χ2v) is 13.3. The van der Waals surface area contributed by atoms with Gasteiger partial charge in [0.2, 0.25) is 0 Å². The summed E-state index contributed by atoms with van der Waals surface area (Å²) < 4.78 is 15.7. The van der Waals surface area contributed by atoms with E-state index in [2.05, 4.69) is 113 Å². The summed E-state index contributed by atoms with van der Waals surface area (Å²) in [5.74, 6) is 0.208. The Labute approximate surface area is 266 Å². The molecule has 1 unspecified atom stereocenters. The average molecular weight is 599 g/mol. The number of para-hydroxylation sites is 1. The summed E-state index contributed by atoms with van der Waals surface area (Å²) in [5, 5.41) is 13.2. The van der Waals surface area contributed by atoms with Crippen molar-refractivity contribution in [3.8, 4) is 0 Å². The third-order valence-electron chi connectivity index (χ3n) is 11.0. The monoisotopic (exact) mass is 598 g/mol. The summed E-state index contributed by atoms with van der Waals surface area (Å²) in [6.07, 6.45) is 0.896. The molecule has 2 bridgehead atoms. The highest BCUT2D eigenvalue weighted by Crippen LogP contribution is 2.63. The normalized spacial score (nSPS) is 27.4. The lowest BCUT2D eigenvalue weighted by Crippen LogP contribution is -2.65. The van der Waals surface area contributed by atoms with E-state index in [0.29, 0.717) is 13.2 Å². The van der Waals surface area contributed by atoms with Crippen LogP contribution in [0.5, 0.6) is 0 Å². The average Bonchev–Trinajstić information content (AvgIpc) is 3.40. The molecular formula is C40H42N2O3. The summed E-state index contributed by atoms with van der Waals surface area (Å²) in [5.41, 5.74) is 7.49. The molecule has 5 nitrogen and oxygen atoms in total. The molecule has 0 saturated carbocycles. The molecule has 1 aliphatic carbocycles. The molecule has 3 aliphatic rings. The highest BCUT2D eigenvalue weighted by Gasteiger charge is 2.62. The zero-order chi connectivity index (χ0) is 30.4. The van der Waals surface area contributed by atoms with E-state index < -0.39 is 6.29 Å². The Balaban J connectivity index is 1.25. The van der Waals surface area contributed by atoms with Crippen LogP contribution >= 0.6 is 0 Å². The molecule has 5 aromatic rings. The van der Waals surface area contributed by atoms with Crippen molar-refractivity contribution in [2.75, 3.05) is 13.2 Å². The number of aromatic nitrogens is 1. The summed E-state index contributed by atoms with van der Waals surface area (Å²) in [6, 6.07) is 41.0. The van der Waals surface area contributed by atoms with Crippen LogP contribution < -0.4 is 0 Å². The van der Waals surface area contributed by atoms with Crippen molar-refractivity contribution in [3.05, 3.63) is 143 Å². The molecule has 1 aromatic heterocycles. The number of fused-ring (bicyclic) bond motifs is 6. The van der Waals surface area contributed by atoms with E-state index >= 15 is 0 Å². The van der Waals surface area contributed by atoms with Crippen LogP contribution in [0.1, 0.15) is 59.7 Å². The van der Waals surface area contributed by atoms with Crippen LogP contribution in [0.25, 0.3) is 10.9 Å². The van der Waals surface area contributed by atoms with E-state index in [-0.39, 0.29) is 29.4 Å². The van der Waals surface area contributed by atoms with Crippen LogP contribution in [-0.4, -0.2) is 40.1 Å². The van der Waals surface area contributed by atoms with Crippen LogP contribution in [0.15, 0.2) is 115 Å². The second kappa shape index (κ2) is 11.9. The molecule has 6 atom stereocenters. The Kier molecular flexibility index (Phi) is 7.58. The number of likely N-dealkylation sites (tertiary alicyclic amines) is 1. The molecule has 0 amide bonds. The van der Waals surface area contributed by atoms with Gasteiger partial charge in [0.05, 0.1) is 25.4 Å². The van der Waals surface area contributed by atoms with Gasteiger partial charge in [-0.25, -0.2) is 0 Å². The molecule has 230 valence electrons. The smallest absolute Gasteiger partial charge is 0.162 e. The molecule has 2 saturated heterocycles. The van der Waals surface area contributed by atoms with Gasteiger partial charge < -0.3 is 19.1 Å². The third kappa shape index (κ3) is 4.94. The van der Waals surface area contributed by atoms with Crippen LogP contribution in [0.4, 0.5) is 0 Å². The number of ether oxygens (including phenoxy) is 2. The van der Waals surface area contributed by atoms with Gasteiger partial charge in [-0.1, -0.05) is 116 Å². The predicted molar refractivity (Wildman–Crippen MR) is 178 cm³/mol. The van der Waals surface area contributed by atoms with E-state index in [9.17, 15) is 5.11 Å². The summed E-state index contributed by atoms with van der Waals surface area (Å²) in [7, 11) is 0. The maximum atomic E-state index is 11.9. The highest BCUT2D eigenvalue weighted by atomic mass is 16.6. The maximum Gasteiger partial charge on any atom is 0.162 e. The number of aliphatic hydroxyl groups is 1. The fourth-order valence-corrected chi connectivity index (χ4v) is 8.94. The largest absolute Gasteiger partial charge is 0.374 e. The molecule has 3 heterocycles. The maximum absolute atomic E-state index is 11.9. The molecule has 0 radical (unpaired) electrons. The van der Waals surface area contributed by atoms with Crippen molar-refractivity contribution < 1.29 is 14.6 Å². The summed E-state index contributed by atoms with van der Waals surface area (Å²) in [6.45, 7) is 5.90. The topological polar surface area (TPSA) is 46.9 Å². The van der Waals surface area contributed by atoms with Gasteiger partial charge in [-0.3, -0.25) is 4.90 Å². The van der Waals surface area contributed by atoms with Crippen molar-refractivity contribution in [2.24, 2.45) is 11.3 Å². The fourth-order valence-electron chi connectivity index (χ4n) is 8.94. The van der Waals surface area contributed by atoms with Crippen molar-refractivity contribution >= 4 is 10.9 Å². The molecule has 2 fully saturated rings. The van der Waals surface area contributed by atoms with Crippen LogP contribution in [-0.2, 0) is 29.2 Å². The van der Waals surface area contributed by atoms with Crippen molar-refractivity contribution in [1.29, 1.82) is 0 Å². The van der Waals surface area contributed by atoms with Crippen molar-refractivity contribution in [2.45, 2.75) is 63.8 Å². The first-order valence-electron chi connectivity index (χ1n) is 16.5. The van der Waals surface area contributed by atoms with Gasteiger partial charge >= 0.3 is 0 Å². The Morgan fingerprint density at radius 3 is 2.11 bits per heavy atom. The SMILES string of the molecule is CC[C@@]12CN(Cc3ccccc3)[C@H]3C[C@@H]1[C@H](c1c3n(Cc3ccccc3)c3ccccc13)[C@H](O)OC2COCc1ccccc1. The number of hydrogen-bond donors (Lipinski definition) is 1. The van der Waals surface area contributed by atoms with E-state index in [1.54, 1.807) is 0 Å². The number of benzene rings is 4. The van der Waals surface area contributed by atoms with Crippen LogP contribution in [0.2, 0.25) is 0 Å². The Hall–Kier alpha value is -3.74. The number of hydrogen-bond acceptors (Lipinski definition) is 4. The van der Waals surface area contributed by atoms with E-state index in [0.717, 1.165) is 38.0 Å². The zero-order valence-corrected chi connectivity index (χ0v) is 26.0. The van der Waals surface area contributed by atoms with Crippen LogP contribution in [0, 0.1) is 11.3 Å². The molecule has 4 aromatic carbocycles. The molecule has 2 aliphatic heterocycles. The Morgan fingerprint density at radius 2 is 1.42 bits per heavy atom. The van der Waals surface area contributed by atoms with E-state index in [1.807, 2.05) is 18.2 Å². The minimum absolute atomic E-state index is 0.0811. The van der Waals surface area contributed by atoms with Gasteiger partial charge in [0.15, 0.2) is 6.29 Å². The summed E-state index contributed by atoms with van der Waals surface area (Å²) >= 11 is 0. The molecule has 1 N–H and O–H groups in total. The molecule has 45 heavy (non-hydrogen) atoms. The molecule has 5 heteroatoms. The fraction of sp³-hybridized carbons (Fsp3) is 0.350. The molecule has 0 spiro atoms. The first-order valence-corrected chi connectivity index (χ1v) is 16.5. The van der Waals surface area contributed by atoms with Crippen molar-refractivity contribution in [1.82, 2.24) is 9.47 Å². The minimum atomic E-state index is -0.878. The minimum Gasteiger partial charge on any atom is -0.374 e.